The number of likely N-dealkylation sites (tertiary alicyclic amines) is 1. The molecule has 0 aromatic carbocycles. The molecule has 2 fully saturated rings. The zero-order chi connectivity index (χ0) is 14.9. The molecule has 0 amide bonds. The molecule has 2 aliphatic heterocycles. The lowest BCUT2D eigenvalue weighted by Crippen LogP contribution is -2.66. The van der Waals surface area contributed by atoms with Crippen molar-refractivity contribution in [2.24, 2.45) is 5.92 Å². The van der Waals surface area contributed by atoms with Gasteiger partial charge in [0.1, 0.15) is 0 Å². The van der Waals surface area contributed by atoms with Crippen molar-refractivity contribution < 1.29 is 4.74 Å². The van der Waals surface area contributed by atoms with Gasteiger partial charge in [0, 0.05) is 44.7 Å². The van der Waals surface area contributed by atoms with E-state index in [1.165, 1.54) is 6.42 Å². The van der Waals surface area contributed by atoms with Gasteiger partial charge in [0.15, 0.2) is 0 Å². The monoisotopic (exact) mass is 290 g/mol. The Morgan fingerprint density at radius 1 is 1.38 bits per heavy atom. The highest BCUT2D eigenvalue weighted by Crippen LogP contribution is 2.42. The molecule has 5 heteroatoms. The van der Waals surface area contributed by atoms with Gasteiger partial charge in [-0.05, 0) is 45.1 Å². The average molecular weight is 290 g/mol. The number of anilines is 1. The smallest absolute Gasteiger partial charge is 0.222 e. The predicted molar refractivity (Wildman–Crippen MR) is 83.4 cm³/mol. The fraction of sp³-hybridized carbons (Fsp3) is 0.750. The molecule has 3 heterocycles. The zero-order valence-corrected chi connectivity index (χ0v) is 13.3. The molecule has 2 saturated heterocycles. The van der Waals surface area contributed by atoms with Gasteiger partial charge in [-0.3, -0.25) is 4.90 Å². The van der Waals surface area contributed by atoms with Crippen LogP contribution in [0, 0.1) is 12.8 Å². The van der Waals surface area contributed by atoms with E-state index in [-0.39, 0.29) is 5.60 Å². The van der Waals surface area contributed by atoms with Crippen molar-refractivity contribution >= 4 is 5.95 Å². The first-order valence-corrected chi connectivity index (χ1v) is 7.99. The van der Waals surface area contributed by atoms with Crippen molar-refractivity contribution in [2.45, 2.75) is 45.3 Å². The van der Waals surface area contributed by atoms with Crippen molar-refractivity contribution in [1.82, 2.24) is 14.9 Å². The fourth-order valence-electron chi connectivity index (χ4n) is 3.39. The Balaban J connectivity index is 1.48. The highest BCUT2D eigenvalue weighted by molar-refractivity contribution is 5.24. The van der Waals surface area contributed by atoms with Gasteiger partial charge in [0.05, 0.1) is 5.60 Å². The number of nitrogens with zero attached hydrogens (tertiary/aromatic N) is 3. The topological polar surface area (TPSA) is 50.3 Å². The van der Waals surface area contributed by atoms with Crippen LogP contribution in [-0.2, 0) is 4.74 Å². The first-order chi connectivity index (χ1) is 10.1. The van der Waals surface area contributed by atoms with Crippen LogP contribution in [0.3, 0.4) is 0 Å². The summed E-state index contributed by atoms with van der Waals surface area (Å²) in [6, 6.07) is 0.625. The molecular weight excluding hydrogens is 264 g/mol. The lowest BCUT2D eigenvalue weighted by molar-refractivity contribution is -0.143. The van der Waals surface area contributed by atoms with Crippen molar-refractivity contribution in [3.05, 3.63) is 18.0 Å². The number of nitrogens with one attached hydrogen (secondary N) is 1. The Morgan fingerprint density at radius 3 is 2.76 bits per heavy atom. The van der Waals surface area contributed by atoms with Gasteiger partial charge in [-0.2, -0.15) is 0 Å². The fourth-order valence-corrected chi connectivity index (χ4v) is 3.39. The molecule has 0 aliphatic carbocycles. The number of hydrogen-bond donors (Lipinski definition) is 1. The average Bonchev–Trinajstić information content (AvgIpc) is 2.83. The largest absolute Gasteiger partial charge is 0.372 e. The summed E-state index contributed by atoms with van der Waals surface area (Å²) in [5.41, 5.74) is 1.21. The summed E-state index contributed by atoms with van der Waals surface area (Å²) in [6.45, 7) is 10.5. The lowest BCUT2D eigenvalue weighted by Gasteiger charge is -2.52. The van der Waals surface area contributed by atoms with Gasteiger partial charge < -0.3 is 10.1 Å². The summed E-state index contributed by atoms with van der Waals surface area (Å²) in [4.78, 5) is 11.1. The van der Waals surface area contributed by atoms with E-state index in [9.17, 15) is 0 Å². The Hall–Kier alpha value is -1.20. The van der Waals surface area contributed by atoms with E-state index in [1.54, 1.807) is 0 Å². The normalized spacial score (nSPS) is 24.5. The van der Waals surface area contributed by atoms with Crippen molar-refractivity contribution in [2.75, 3.05) is 31.6 Å². The minimum atomic E-state index is 0.125. The Kier molecular flexibility index (Phi) is 4.13. The van der Waals surface area contributed by atoms with E-state index < -0.39 is 0 Å². The molecule has 0 radical (unpaired) electrons. The van der Waals surface area contributed by atoms with Gasteiger partial charge in [-0.1, -0.05) is 0 Å². The Labute approximate surface area is 127 Å². The molecule has 1 aromatic heterocycles. The van der Waals surface area contributed by atoms with Gasteiger partial charge >= 0.3 is 0 Å². The van der Waals surface area contributed by atoms with E-state index in [2.05, 4.69) is 34.0 Å². The summed E-state index contributed by atoms with van der Waals surface area (Å²) in [6.07, 6.45) is 6.01. The van der Waals surface area contributed by atoms with Crippen molar-refractivity contribution in [3.63, 3.8) is 0 Å². The minimum Gasteiger partial charge on any atom is -0.372 e. The Bertz CT molecular complexity index is 468. The first kappa shape index (κ1) is 14.7. The zero-order valence-electron chi connectivity index (χ0n) is 13.3. The minimum absolute atomic E-state index is 0.125. The van der Waals surface area contributed by atoms with Crippen LogP contribution in [0.25, 0.3) is 0 Å². The summed E-state index contributed by atoms with van der Waals surface area (Å²) < 4.78 is 6.09. The third-order valence-electron chi connectivity index (χ3n) is 4.83. The number of rotatable bonds is 5. The van der Waals surface area contributed by atoms with Crippen LogP contribution >= 0.6 is 0 Å². The van der Waals surface area contributed by atoms with Crippen molar-refractivity contribution in [1.29, 1.82) is 0 Å². The molecule has 3 rings (SSSR count). The van der Waals surface area contributed by atoms with Gasteiger partial charge in [-0.25, -0.2) is 9.97 Å². The molecule has 1 atom stereocenters. The van der Waals surface area contributed by atoms with Crippen LogP contribution < -0.4 is 5.32 Å². The quantitative estimate of drug-likeness (QED) is 0.900. The van der Waals surface area contributed by atoms with Crippen LogP contribution in [0.2, 0.25) is 0 Å². The first-order valence-electron chi connectivity index (χ1n) is 7.99. The highest BCUT2D eigenvalue weighted by atomic mass is 16.5. The molecule has 0 unspecified atom stereocenters. The molecule has 0 bridgehead atoms. The molecule has 1 aromatic rings. The van der Waals surface area contributed by atoms with Crippen LogP contribution in [-0.4, -0.2) is 52.8 Å². The van der Waals surface area contributed by atoms with Crippen LogP contribution in [0.15, 0.2) is 12.4 Å². The standard InChI is InChI=1S/C16H26N4O/c1-12(2)20-10-16(11-20)14(5-7-21-16)4-6-17-15-18-8-13(3)9-19-15/h8-9,12,14H,4-7,10-11H2,1-3H3,(H,17,18,19)/t14-/m1/s1. The molecular formula is C16H26N4O. The highest BCUT2D eigenvalue weighted by Gasteiger charge is 2.52. The van der Waals surface area contributed by atoms with E-state index in [4.69, 9.17) is 4.74 Å². The predicted octanol–water partition coefficient (Wildman–Crippen LogP) is 2.09. The molecule has 21 heavy (non-hydrogen) atoms. The van der Waals surface area contributed by atoms with E-state index in [0.29, 0.717) is 12.0 Å². The number of ether oxygens (including phenoxy) is 1. The second-order valence-electron chi connectivity index (χ2n) is 6.70. The second-order valence-corrected chi connectivity index (χ2v) is 6.70. The molecule has 2 aliphatic rings. The molecule has 1 N–H and O–H groups in total. The third-order valence-corrected chi connectivity index (χ3v) is 4.83. The Morgan fingerprint density at radius 2 is 2.10 bits per heavy atom. The number of aryl methyl sites for hydroxylation is 1. The van der Waals surface area contributed by atoms with E-state index in [1.807, 2.05) is 19.3 Å². The summed E-state index contributed by atoms with van der Waals surface area (Å²) in [5.74, 6) is 1.39. The van der Waals surface area contributed by atoms with Crippen LogP contribution in [0.1, 0.15) is 32.3 Å². The maximum atomic E-state index is 6.09. The molecule has 0 saturated carbocycles. The maximum Gasteiger partial charge on any atom is 0.222 e. The van der Waals surface area contributed by atoms with Gasteiger partial charge in [0.25, 0.3) is 0 Å². The van der Waals surface area contributed by atoms with Crippen LogP contribution in [0.4, 0.5) is 5.95 Å². The van der Waals surface area contributed by atoms with E-state index >= 15 is 0 Å². The SMILES string of the molecule is Cc1cnc(NCC[C@@H]2CCOC23CN(C(C)C)C3)nc1. The summed E-state index contributed by atoms with van der Waals surface area (Å²) >= 11 is 0. The van der Waals surface area contributed by atoms with E-state index in [0.717, 1.165) is 44.2 Å². The lowest BCUT2D eigenvalue weighted by atomic mass is 9.78. The molecule has 5 nitrogen and oxygen atoms in total. The second kappa shape index (κ2) is 5.89. The van der Waals surface area contributed by atoms with Crippen molar-refractivity contribution in [3.8, 4) is 0 Å². The van der Waals surface area contributed by atoms with Gasteiger partial charge in [0.2, 0.25) is 5.95 Å². The number of hydrogen-bond acceptors (Lipinski definition) is 5. The third kappa shape index (κ3) is 3.04. The van der Waals surface area contributed by atoms with Crippen LogP contribution in [0.5, 0.6) is 0 Å². The molecule has 116 valence electrons. The summed E-state index contributed by atoms with van der Waals surface area (Å²) in [5, 5.41) is 3.33. The van der Waals surface area contributed by atoms with Gasteiger partial charge in [-0.15, -0.1) is 0 Å². The maximum absolute atomic E-state index is 6.09. The number of aromatic nitrogens is 2. The summed E-state index contributed by atoms with van der Waals surface area (Å²) in [7, 11) is 0. The molecule has 1 spiro atoms.